The van der Waals surface area contributed by atoms with Crippen LogP contribution in [0.15, 0.2) is 109 Å². The van der Waals surface area contributed by atoms with Gasteiger partial charge >= 0.3 is 0 Å². The van der Waals surface area contributed by atoms with Crippen molar-refractivity contribution in [2.45, 2.75) is 19.3 Å². The lowest BCUT2D eigenvalue weighted by Crippen LogP contribution is -2.15. The largest absolute Gasteiger partial charge is 0.256 e. The molecule has 0 N–H and O–H groups in total. The van der Waals surface area contributed by atoms with E-state index in [1.54, 1.807) is 0 Å². The minimum Gasteiger partial charge on any atom is -0.256 e. The van der Waals surface area contributed by atoms with Crippen molar-refractivity contribution >= 4 is 21.8 Å². The number of benzene rings is 4. The Balaban J connectivity index is 1.32. The van der Waals surface area contributed by atoms with Crippen molar-refractivity contribution < 1.29 is 0 Å². The summed E-state index contributed by atoms with van der Waals surface area (Å²) in [6, 6.07) is 34.8. The van der Waals surface area contributed by atoms with Gasteiger partial charge in [0, 0.05) is 39.7 Å². The monoisotopic (exact) mass is 448 g/mol. The van der Waals surface area contributed by atoms with Crippen LogP contribution < -0.4 is 0 Å². The van der Waals surface area contributed by atoms with Crippen LogP contribution in [0.5, 0.6) is 0 Å². The number of para-hydroxylation sites is 2. The van der Waals surface area contributed by atoms with Crippen LogP contribution in [0.25, 0.3) is 55.2 Å². The Labute approximate surface area is 204 Å². The molecule has 0 fully saturated rings. The van der Waals surface area contributed by atoms with E-state index in [9.17, 15) is 0 Å². The molecule has 6 aromatic rings. The third-order valence-electron chi connectivity index (χ3n) is 7.52. The van der Waals surface area contributed by atoms with Crippen molar-refractivity contribution in [1.82, 2.24) is 9.97 Å². The van der Waals surface area contributed by atoms with Crippen LogP contribution in [0, 0.1) is 0 Å². The van der Waals surface area contributed by atoms with Gasteiger partial charge in [-0.1, -0.05) is 74.5 Å². The summed E-state index contributed by atoms with van der Waals surface area (Å²) in [5, 5.41) is 2.34. The van der Waals surface area contributed by atoms with Gasteiger partial charge in [-0.2, -0.15) is 0 Å². The van der Waals surface area contributed by atoms with Gasteiger partial charge in [-0.05, 0) is 69.8 Å². The predicted octanol–water partition coefficient (Wildman–Crippen LogP) is 8.42. The number of hydrogen-bond donors (Lipinski definition) is 0. The van der Waals surface area contributed by atoms with E-state index in [0.717, 1.165) is 22.2 Å². The molecule has 1 aliphatic rings. The first-order valence-electron chi connectivity index (χ1n) is 12.1. The maximum absolute atomic E-state index is 4.69. The number of nitrogens with zero attached hydrogens (tertiary/aromatic N) is 2. The quantitative estimate of drug-likeness (QED) is 0.266. The highest BCUT2D eigenvalue weighted by Crippen LogP contribution is 2.50. The summed E-state index contributed by atoms with van der Waals surface area (Å²) >= 11 is 0. The van der Waals surface area contributed by atoms with Crippen LogP contribution in [0.1, 0.15) is 25.0 Å². The zero-order chi connectivity index (χ0) is 23.6. The van der Waals surface area contributed by atoms with E-state index >= 15 is 0 Å². The highest BCUT2D eigenvalue weighted by Gasteiger charge is 2.35. The van der Waals surface area contributed by atoms with Gasteiger partial charge in [0.25, 0.3) is 0 Å². The molecule has 0 saturated heterocycles. The molecule has 0 spiro atoms. The summed E-state index contributed by atoms with van der Waals surface area (Å²) in [5.74, 6) is 0. The van der Waals surface area contributed by atoms with Crippen molar-refractivity contribution in [3.05, 3.63) is 121 Å². The molecule has 0 radical (unpaired) electrons. The number of pyridine rings is 2. The van der Waals surface area contributed by atoms with E-state index in [1.165, 1.54) is 44.2 Å². The molecule has 0 aliphatic heterocycles. The Morgan fingerprint density at radius 3 is 1.43 bits per heavy atom. The highest BCUT2D eigenvalue weighted by molar-refractivity contribution is 5.89. The molecule has 2 nitrogen and oxygen atoms in total. The Bertz CT molecular complexity index is 1650. The predicted molar refractivity (Wildman–Crippen MR) is 145 cm³/mol. The second kappa shape index (κ2) is 7.35. The lowest BCUT2D eigenvalue weighted by molar-refractivity contribution is 0.661. The van der Waals surface area contributed by atoms with E-state index in [1.807, 2.05) is 24.5 Å². The van der Waals surface area contributed by atoms with Crippen LogP contribution >= 0.6 is 0 Å². The molecule has 0 bridgehead atoms. The molecule has 35 heavy (non-hydrogen) atoms. The smallest absolute Gasteiger partial charge is 0.0702 e. The number of fused-ring (bicyclic) bond motifs is 5. The van der Waals surface area contributed by atoms with Gasteiger partial charge in [0.05, 0.1) is 11.0 Å². The van der Waals surface area contributed by atoms with Crippen LogP contribution in [0.4, 0.5) is 0 Å². The lowest BCUT2D eigenvalue weighted by atomic mass is 9.81. The maximum Gasteiger partial charge on any atom is 0.0702 e. The molecular weight excluding hydrogens is 424 g/mol. The van der Waals surface area contributed by atoms with E-state index in [2.05, 4.69) is 109 Å². The van der Waals surface area contributed by atoms with Crippen molar-refractivity contribution in [3.63, 3.8) is 0 Å². The van der Waals surface area contributed by atoms with E-state index < -0.39 is 0 Å². The van der Waals surface area contributed by atoms with Gasteiger partial charge in [0.15, 0.2) is 0 Å². The standard InChI is InChI=1S/C33H24N2/c1-33(2)29-17-21(25-15-23-7-3-5-9-31(23)34-19-25)11-13-27(29)28-14-12-22(18-30(28)33)26-16-24-8-4-6-10-32(24)35-20-26/h3-20H,1-2H3. The molecule has 166 valence electrons. The number of hydrogen-bond acceptors (Lipinski definition) is 2. The fraction of sp³-hybridized carbons (Fsp3) is 0.0909. The van der Waals surface area contributed by atoms with Crippen molar-refractivity contribution in [2.75, 3.05) is 0 Å². The van der Waals surface area contributed by atoms with Gasteiger partial charge in [-0.15, -0.1) is 0 Å². The SMILES string of the molecule is CC1(C)c2cc(-c3cnc4ccccc4c3)ccc2-c2ccc(-c3cnc4ccccc4c3)cc21. The molecule has 2 heteroatoms. The Morgan fingerprint density at radius 1 is 0.486 bits per heavy atom. The number of aromatic nitrogens is 2. The molecule has 4 aromatic carbocycles. The van der Waals surface area contributed by atoms with Gasteiger partial charge in [0.1, 0.15) is 0 Å². The van der Waals surface area contributed by atoms with Gasteiger partial charge in [-0.3, -0.25) is 9.97 Å². The first kappa shape index (κ1) is 20.1. The van der Waals surface area contributed by atoms with Crippen LogP contribution in [0.3, 0.4) is 0 Å². The maximum atomic E-state index is 4.69. The minimum absolute atomic E-state index is 0.0920. The Morgan fingerprint density at radius 2 is 0.943 bits per heavy atom. The lowest BCUT2D eigenvalue weighted by Gasteiger charge is -2.22. The second-order valence-corrected chi connectivity index (χ2v) is 9.98. The van der Waals surface area contributed by atoms with E-state index in [0.29, 0.717) is 0 Å². The normalized spacial score (nSPS) is 13.7. The molecule has 1 aliphatic carbocycles. The first-order chi connectivity index (χ1) is 17.1. The third-order valence-corrected chi connectivity index (χ3v) is 7.52. The third kappa shape index (κ3) is 3.10. The molecular formula is C33H24N2. The van der Waals surface area contributed by atoms with Gasteiger partial charge < -0.3 is 0 Å². The second-order valence-electron chi connectivity index (χ2n) is 9.98. The Kier molecular flexibility index (Phi) is 4.22. The molecule has 0 amide bonds. The van der Waals surface area contributed by atoms with Crippen molar-refractivity contribution in [3.8, 4) is 33.4 Å². The number of rotatable bonds is 2. The molecule has 7 rings (SSSR count). The van der Waals surface area contributed by atoms with Gasteiger partial charge in [0.2, 0.25) is 0 Å². The van der Waals surface area contributed by atoms with Crippen LogP contribution in [0.2, 0.25) is 0 Å². The summed E-state index contributed by atoms with van der Waals surface area (Å²) in [6.07, 6.45) is 3.98. The van der Waals surface area contributed by atoms with E-state index in [4.69, 9.17) is 0 Å². The summed E-state index contributed by atoms with van der Waals surface area (Å²) < 4.78 is 0. The summed E-state index contributed by atoms with van der Waals surface area (Å²) in [7, 11) is 0. The zero-order valence-corrected chi connectivity index (χ0v) is 19.8. The van der Waals surface area contributed by atoms with Crippen molar-refractivity contribution in [2.24, 2.45) is 0 Å². The first-order valence-corrected chi connectivity index (χ1v) is 12.1. The van der Waals surface area contributed by atoms with E-state index in [-0.39, 0.29) is 5.41 Å². The topological polar surface area (TPSA) is 25.8 Å². The fourth-order valence-electron chi connectivity index (χ4n) is 5.55. The van der Waals surface area contributed by atoms with Crippen LogP contribution in [-0.2, 0) is 5.41 Å². The van der Waals surface area contributed by atoms with Gasteiger partial charge in [-0.25, -0.2) is 0 Å². The van der Waals surface area contributed by atoms with Crippen molar-refractivity contribution in [1.29, 1.82) is 0 Å². The molecule has 0 atom stereocenters. The average Bonchev–Trinajstić information content (AvgIpc) is 3.13. The fourth-order valence-corrected chi connectivity index (χ4v) is 5.55. The van der Waals surface area contributed by atoms with Crippen LogP contribution in [-0.4, -0.2) is 9.97 Å². The summed E-state index contributed by atoms with van der Waals surface area (Å²) in [4.78, 5) is 9.38. The zero-order valence-electron chi connectivity index (χ0n) is 19.8. The summed E-state index contributed by atoms with van der Waals surface area (Å²) in [6.45, 7) is 4.67. The highest BCUT2D eigenvalue weighted by atomic mass is 14.7. The molecule has 2 aromatic heterocycles. The molecule has 0 saturated carbocycles. The summed E-state index contributed by atoms with van der Waals surface area (Å²) in [5.41, 5.74) is 12.1. The molecule has 0 unspecified atom stereocenters. The minimum atomic E-state index is -0.0920. The average molecular weight is 449 g/mol. The molecule has 2 heterocycles. The Hall–Kier alpha value is -4.30.